The maximum absolute atomic E-state index is 12.6. The summed E-state index contributed by atoms with van der Waals surface area (Å²) >= 11 is 1.26. The smallest absolute Gasteiger partial charge is 0.318 e. The SMILES string of the molecule is NC(=O)NC(=O)[C@@H](Sc1nnc(-c2ccncc2)n1C1CC1)c1ccccc1. The van der Waals surface area contributed by atoms with Gasteiger partial charge in [0.2, 0.25) is 5.91 Å². The Balaban J connectivity index is 1.70. The van der Waals surface area contributed by atoms with Gasteiger partial charge in [0, 0.05) is 24.0 Å². The van der Waals surface area contributed by atoms with Crippen molar-refractivity contribution >= 4 is 23.7 Å². The van der Waals surface area contributed by atoms with Crippen LogP contribution in [0.3, 0.4) is 0 Å². The molecule has 1 aliphatic rings. The number of hydrogen-bond donors (Lipinski definition) is 2. The Morgan fingerprint density at radius 3 is 2.46 bits per heavy atom. The highest BCUT2D eigenvalue weighted by Gasteiger charge is 2.33. The van der Waals surface area contributed by atoms with E-state index in [4.69, 9.17) is 5.73 Å². The second-order valence-electron chi connectivity index (χ2n) is 6.41. The van der Waals surface area contributed by atoms with Crippen LogP contribution in [0.15, 0.2) is 60.0 Å². The molecule has 1 fully saturated rings. The van der Waals surface area contributed by atoms with E-state index in [1.807, 2.05) is 42.5 Å². The molecular formula is C19H18N6O2S. The Morgan fingerprint density at radius 2 is 1.82 bits per heavy atom. The maximum atomic E-state index is 12.6. The molecule has 1 aliphatic carbocycles. The van der Waals surface area contributed by atoms with E-state index in [9.17, 15) is 9.59 Å². The molecule has 4 rings (SSSR count). The number of rotatable bonds is 6. The zero-order chi connectivity index (χ0) is 19.5. The third-order valence-corrected chi connectivity index (χ3v) is 5.54. The molecule has 8 nitrogen and oxygen atoms in total. The summed E-state index contributed by atoms with van der Waals surface area (Å²) in [6.45, 7) is 0. The fourth-order valence-electron chi connectivity index (χ4n) is 2.91. The predicted molar refractivity (Wildman–Crippen MR) is 104 cm³/mol. The lowest BCUT2D eigenvalue weighted by Crippen LogP contribution is -2.37. The number of urea groups is 1. The molecule has 2 heterocycles. The summed E-state index contributed by atoms with van der Waals surface area (Å²) in [6.07, 6.45) is 5.49. The summed E-state index contributed by atoms with van der Waals surface area (Å²) in [6, 6.07) is 12.4. The van der Waals surface area contributed by atoms with Gasteiger partial charge in [0.1, 0.15) is 5.25 Å². The molecule has 0 unspecified atom stereocenters. The van der Waals surface area contributed by atoms with Crippen molar-refractivity contribution in [2.75, 3.05) is 0 Å². The van der Waals surface area contributed by atoms with E-state index in [1.54, 1.807) is 12.4 Å². The molecule has 142 valence electrons. The Bertz CT molecular complexity index is 988. The van der Waals surface area contributed by atoms with Crippen molar-refractivity contribution in [1.29, 1.82) is 0 Å². The summed E-state index contributed by atoms with van der Waals surface area (Å²) in [5, 5.41) is 10.8. The molecule has 2 aromatic heterocycles. The number of carbonyl (C=O) groups is 2. The number of nitrogens with two attached hydrogens (primary N) is 1. The molecule has 9 heteroatoms. The van der Waals surface area contributed by atoms with Crippen molar-refractivity contribution < 1.29 is 9.59 Å². The molecule has 1 atom stereocenters. The van der Waals surface area contributed by atoms with Crippen LogP contribution < -0.4 is 11.1 Å². The van der Waals surface area contributed by atoms with Gasteiger partial charge in [-0.3, -0.25) is 19.7 Å². The van der Waals surface area contributed by atoms with Gasteiger partial charge in [-0.1, -0.05) is 42.1 Å². The molecule has 1 saturated carbocycles. The molecule has 0 aliphatic heterocycles. The van der Waals surface area contributed by atoms with Crippen LogP contribution in [0.1, 0.15) is 29.7 Å². The van der Waals surface area contributed by atoms with Gasteiger partial charge in [-0.05, 0) is 30.5 Å². The zero-order valence-electron chi connectivity index (χ0n) is 14.9. The highest BCUT2D eigenvalue weighted by molar-refractivity contribution is 8.00. The Hall–Kier alpha value is -3.20. The first-order chi connectivity index (χ1) is 13.6. The molecule has 3 amide bonds. The highest BCUT2D eigenvalue weighted by atomic mass is 32.2. The number of hydrogen-bond acceptors (Lipinski definition) is 6. The molecule has 1 aromatic carbocycles. The van der Waals surface area contributed by atoms with Crippen molar-refractivity contribution in [2.24, 2.45) is 5.73 Å². The summed E-state index contributed by atoms with van der Waals surface area (Å²) in [7, 11) is 0. The number of nitrogens with zero attached hydrogens (tertiary/aromatic N) is 4. The largest absolute Gasteiger partial charge is 0.351 e. The number of nitrogens with one attached hydrogen (secondary N) is 1. The Labute approximate surface area is 165 Å². The van der Waals surface area contributed by atoms with Gasteiger partial charge >= 0.3 is 6.03 Å². The van der Waals surface area contributed by atoms with Gasteiger partial charge in [0.05, 0.1) is 0 Å². The van der Waals surface area contributed by atoms with E-state index < -0.39 is 17.2 Å². The van der Waals surface area contributed by atoms with E-state index in [2.05, 4.69) is 25.1 Å². The van der Waals surface area contributed by atoms with Gasteiger partial charge in [-0.2, -0.15) is 0 Å². The molecular weight excluding hydrogens is 376 g/mol. The monoisotopic (exact) mass is 394 g/mol. The van der Waals surface area contributed by atoms with Gasteiger partial charge < -0.3 is 5.73 Å². The maximum Gasteiger partial charge on any atom is 0.318 e. The first-order valence-corrected chi connectivity index (χ1v) is 9.68. The van der Waals surface area contributed by atoms with Gasteiger partial charge in [-0.25, -0.2) is 4.79 Å². The molecule has 3 N–H and O–H groups in total. The second kappa shape index (κ2) is 7.81. The number of aromatic nitrogens is 4. The summed E-state index contributed by atoms with van der Waals surface area (Å²) < 4.78 is 2.06. The fraction of sp³-hybridized carbons (Fsp3) is 0.211. The van der Waals surface area contributed by atoms with Crippen LogP contribution in [0.5, 0.6) is 0 Å². The average Bonchev–Trinajstić information content (AvgIpc) is 3.46. The summed E-state index contributed by atoms with van der Waals surface area (Å²) in [5.41, 5.74) is 6.82. The lowest BCUT2D eigenvalue weighted by atomic mass is 10.1. The quantitative estimate of drug-likeness (QED) is 0.621. The second-order valence-corrected chi connectivity index (χ2v) is 7.48. The Kier molecular flexibility index (Phi) is 5.07. The highest BCUT2D eigenvalue weighted by Crippen LogP contribution is 2.44. The van der Waals surface area contributed by atoms with Crippen LogP contribution in [0.4, 0.5) is 4.79 Å². The normalized spacial score (nSPS) is 14.4. The van der Waals surface area contributed by atoms with Crippen molar-refractivity contribution in [1.82, 2.24) is 25.1 Å². The van der Waals surface area contributed by atoms with E-state index in [1.165, 1.54) is 11.8 Å². The molecule has 0 radical (unpaired) electrons. The van der Waals surface area contributed by atoms with Crippen molar-refractivity contribution in [3.63, 3.8) is 0 Å². The average molecular weight is 394 g/mol. The van der Waals surface area contributed by atoms with Crippen LogP contribution in [0.25, 0.3) is 11.4 Å². The minimum absolute atomic E-state index is 0.302. The van der Waals surface area contributed by atoms with E-state index in [0.717, 1.165) is 29.8 Å². The number of pyridine rings is 1. The third kappa shape index (κ3) is 3.89. The predicted octanol–water partition coefficient (Wildman–Crippen LogP) is 2.70. The Morgan fingerprint density at radius 1 is 1.11 bits per heavy atom. The molecule has 0 saturated heterocycles. The number of amides is 3. The molecule has 3 aromatic rings. The minimum Gasteiger partial charge on any atom is -0.351 e. The van der Waals surface area contributed by atoms with Gasteiger partial charge in [-0.15, -0.1) is 10.2 Å². The van der Waals surface area contributed by atoms with E-state index in [-0.39, 0.29) is 0 Å². The summed E-state index contributed by atoms with van der Waals surface area (Å²) in [4.78, 5) is 27.9. The van der Waals surface area contributed by atoms with Crippen molar-refractivity contribution in [3.8, 4) is 11.4 Å². The van der Waals surface area contributed by atoms with E-state index >= 15 is 0 Å². The number of carbonyl (C=O) groups excluding carboxylic acids is 2. The zero-order valence-corrected chi connectivity index (χ0v) is 15.7. The molecule has 0 spiro atoms. The van der Waals surface area contributed by atoms with E-state index in [0.29, 0.717) is 11.2 Å². The van der Waals surface area contributed by atoms with Crippen molar-refractivity contribution in [3.05, 3.63) is 60.4 Å². The van der Waals surface area contributed by atoms with Crippen LogP contribution in [0.2, 0.25) is 0 Å². The lowest BCUT2D eigenvalue weighted by Gasteiger charge is -2.16. The topological polar surface area (TPSA) is 116 Å². The van der Waals surface area contributed by atoms with Gasteiger partial charge in [0.15, 0.2) is 11.0 Å². The first-order valence-electron chi connectivity index (χ1n) is 8.80. The third-order valence-electron chi connectivity index (χ3n) is 4.33. The molecule has 0 bridgehead atoms. The van der Waals surface area contributed by atoms with Gasteiger partial charge in [0.25, 0.3) is 0 Å². The lowest BCUT2D eigenvalue weighted by molar-refractivity contribution is -0.119. The number of thioether (sulfide) groups is 1. The minimum atomic E-state index is -0.882. The van der Waals surface area contributed by atoms with Crippen LogP contribution in [-0.4, -0.2) is 31.7 Å². The van der Waals surface area contributed by atoms with Crippen LogP contribution in [0, 0.1) is 0 Å². The van der Waals surface area contributed by atoms with Crippen LogP contribution in [-0.2, 0) is 4.79 Å². The fourth-order valence-corrected chi connectivity index (χ4v) is 4.02. The molecule has 28 heavy (non-hydrogen) atoms. The number of primary amides is 1. The van der Waals surface area contributed by atoms with Crippen molar-refractivity contribution in [2.45, 2.75) is 29.3 Å². The number of benzene rings is 1. The standard InChI is InChI=1S/C19H18N6O2S/c20-18(27)22-17(26)15(12-4-2-1-3-5-12)28-19-24-23-16(25(19)14-6-7-14)13-8-10-21-11-9-13/h1-5,8-11,14-15H,6-7H2,(H3,20,22,26,27)/t15-/m0/s1. The number of imide groups is 1. The van der Waals surface area contributed by atoms with Crippen LogP contribution >= 0.6 is 11.8 Å². The summed E-state index contributed by atoms with van der Waals surface area (Å²) in [5.74, 6) is 0.258. The first kappa shape index (κ1) is 18.2.